The highest BCUT2D eigenvalue weighted by Crippen LogP contribution is 2.38. The normalized spacial score (nSPS) is 20.4. The van der Waals surface area contributed by atoms with Gasteiger partial charge in [0, 0.05) is 66.0 Å². The number of aryl methyl sites for hydroxylation is 2. The molecule has 2 atom stereocenters. The first-order valence-electron chi connectivity index (χ1n) is 9.99. The van der Waals surface area contributed by atoms with Gasteiger partial charge in [-0.25, -0.2) is 9.97 Å². The van der Waals surface area contributed by atoms with Crippen molar-refractivity contribution in [3.8, 4) is 11.3 Å². The van der Waals surface area contributed by atoms with Gasteiger partial charge in [-0.05, 0) is 44.4 Å². The van der Waals surface area contributed by atoms with Gasteiger partial charge in [0.25, 0.3) is 5.56 Å². The summed E-state index contributed by atoms with van der Waals surface area (Å²) in [5.41, 5.74) is 11.7. The molecule has 0 unspecified atom stereocenters. The third kappa shape index (κ3) is 3.26. The number of anilines is 2. The first-order valence-corrected chi connectivity index (χ1v) is 9.99. The number of hydrogen-bond donors (Lipinski definition) is 1. The zero-order valence-electron chi connectivity index (χ0n) is 16.7. The third-order valence-corrected chi connectivity index (χ3v) is 5.97. The Kier molecular flexibility index (Phi) is 4.12. The highest BCUT2D eigenvalue weighted by atomic mass is 16.1. The Morgan fingerprint density at radius 3 is 2.55 bits per heavy atom. The van der Waals surface area contributed by atoms with Gasteiger partial charge < -0.3 is 15.2 Å². The number of aromatic nitrogens is 4. The van der Waals surface area contributed by atoms with Gasteiger partial charge in [0.2, 0.25) is 0 Å². The highest BCUT2D eigenvalue weighted by molar-refractivity contribution is 5.62. The number of fused-ring (bicyclic) bond motifs is 4. The molecule has 5 rings (SSSR count). The van der Waals surface area contributed by atoms with E-state index >= 15 is 0 Å². The lowest BCUT2D eigenvalue weighted by Crippen LogP contribution is -2.47. The Bertz CT molecular complexity index is 1130. The number of nitrogens with two attached hydrogens (primary N) is 1. The summed E-state index contributed by atoms with van der Waals surface area (Å²) in [4.78, 5) is 28.1. The number of piperidine rings is 1. The zero-order chi connectivity index (χ0) is 20.1. The molecule has 3 aromatic heterocycles. The minimum absolute atomic E-state index is 0.0356. The van der Waals surface area contributed by atoms with E-state index in [0.717, 1.165) is 48.7 Å². The molecule has 1 fully saturated rings. The molecule has 2 aliphatic rings. The summed E-state index contributed by atoms with van der Waals surface area (Å²) in [5.74, 6) is 1.18. The van der Waals surface area contributed by atoms with Crippen LogP contribution < -0.4 is 16.2 Å². The number of hydrogen-bond acceptors (Lipinski definition) is 6. The summed E-state index contributed by atoms with van der Waals surface area (Å²) in [6.45, 7) is 6.70. The Labute approximate surface area is 169 Å². The number of pyridine rings is 2. The summed E-state index contributed by atoms with van der Waals surface area (Å²) in [6, 6.07) is 9.80. The van der Waals surface area contributed by atoms with Crippen molar-refractivity contribution in [2.24, 2.45) is 5.92 Å². The summed E-state index contributed by atoms with van der Waals surface area (Å²) in [6.07, 6.45) is 2.54. The van der Waals surface area contributed by atoms with E-state index in [1.165, 1.54) is 12.0 Å². The van der Waals surface area contributed by atoms with E-state index in [4.69, 9.17) is 5.73 Å². The summed E-state index contributed by atoms with van der Waals surface area (Å²) < 4.78 is 1.95. The molecule has 0 amide bonds. The van der Waals surface area contributed by atoms with E-state index < -0.39 is 0 Å². The molecule has 2 bridgehead atoms. The zero-order valence-corrected chi connectivity index (χ0v) is 16.7. The molecule has 7 nitrogen and oxygen atoms in total. The van der Waals surface area contributed by atoms with E-state index in [1.807, 2.05) is 18.4 Å². The standard InChI is InChI=1S/C22H24N6O/c1-13-3-18(4-14(2)26-13)27-9-15-5-17(11-27)20-6-16(7-22(29)28(20)10-15)19-8-21(23)25-12-24-19/h3-4,6-8,12,15,17H,5,9-11H2,1-2H3,(H2,23,24,25)/t15-,17+/m0/s1. The van der Waals surface area contributed by atoms with Crippen molar-refractivity contribution in [1.82, 2.24) is 19.5 Å². The van der Waals surface area contributed by atoms with Crippen LogP contribution in [0.4, 0.5) is 11.5 Å². The largest absolute Gasteiger partial charge is 0.384 e. The van der Waals surface area contributed by atoms with Crippen molar-refractivity contribution < 1.29 is 0 Å². The predicted molar refractivity (Wildman–Crippen MR) is 113 cm³/mol. The second-order valence-corrected chi connectivity index (χ2v) is 8.26. The monoisotopic (exact) mass is 388 g/mol. The summed E-state index contributed by atoms with van der Waals surface area (Å²) in [5, 5.41) is 0. The van der Waals surface area contributed by atoms with Crippen LogP contribution in [0.3, 0.4) is 0 Å². The van der Waals surface area contributed by atoms with Crippen LogP contribution in [0.1, 0.15) is 29.4 Å². The molecular formula is C22H24N6O. The topological polar surface area (TPSA) is 89.9 Å². The van der Waals surface area contributed by atoms with E-state index in [9.17, 15) is 4.79 Å². The molecule has 0 spiro atoms. The molecule has 0 saturated carbocycles. The van der Waals surface area contributed by atoms with Gasteiger partial charge in [0.15, 0.2) is 0 Å². The first kappa shape index (κ1) is 17.8. The molecule has 7 heteroatoms. The fourth-order valence-electron chi connectivity index (χ4n) is 4.84. The Morgan fingerprint density at radius 2 is 1.79 bits per heavy atom. The van der Waals surface area contributed by atoms with Crippen LogP contribution in [-0.2, 0) is 6.54 Å². The van der Waals surface area contributed by atoms with Gasteiger partial charge in [-0.3, -0.25) is 9.78 Å². The van der Waals surface area contributed by atoms with Crippen LogP contribution in [0.25, 0.3) is 11.3 Å². The van der Waals surface area contributed by atoms with E-state index in [-0.39, 0.29) is 5.56 Å². The van der Waals surface area contributed by atoms with E-state index in [1.54, 1.807) is 12.1 Å². The Balaban J connectivity index is 1.54. The fraction of sp³-hybridized carbons (Fsp3) is 0.364. The Morgan fingerprint density at radius 1 is 1.00 bits per heavy atom. The highest BCUT2D eigenvalue weighted by Gasteiger charge is 2.35. The molecule has 2 N–H and O–H groups in total. The maximum atomic E-state index is 12.9. The van der Waals surface area contributed by atoms with Crippen molar-refractivity contribution in [1.29, 1.82) is 0 Å². The second-order valence-electron chi connectivity index (χ2n) is 8.26. The van der Waals surface area contributed by atoms with Gasteiger partial charge in [0.1, 0.15) is 12.1 Å². The average Bonchev–Trinajstić information content (AvgIpc) is 2.68. The van der Waals surface area contributed by atoms with Crippen LogP contribution in [0.5, 0.6) is 0 Å². The third-order valence-electron chi connectivity index (χ3n) is 5.97. The molecule has 1 saturated heterocycles. The minimum Gasteiger partial charge on any atom is -0.384 e. The summed E-state index contributed by atoms with van der Waals surface area (Å²) in [7, 11) is 0. The first-order chi connectivity index (χ1) is 14.0. The number of rotatable bonds is 2. The average molecular weight is 388 g/mol. The van der Waals surface area contributed by atoms with Gasteiger partial charge >= 0.3 is 0 Å². The number of nitrogens with zero attached hydrogens (tertiary/aromatic N) is 5. The summed E-state index contributed by atoms with van der Waals surface area (Å²) >= 11 is 0. The maximum Gasteiger partial charge on any atom is 0.251 e. The molecular weight excluding hydrogens is 364 g/mol. The molecule has 2 aliphatic heterocycles. The van der Waals surface area contributed by atoms with Crippen LogP contribution in [0, 0.1) is 19.8 Å². The van der Waals surface area contributed by atoms with Crippen molar-refractivity contribution in [3.63, 3.8) is 0 Å². The maximum absolute atomic E-state index is 12.9. The van der Waals surface area contributed by atoms with Crippen LogP contribution in [0.15, 0.2) is 41.5 Å². The van der Waals surface area contributed by atoms with Crippen molar-refractivity contribution in [3.05, 3.63) is 64.1 Å². The van der Waals surface area contributed by atoms with Gasteiger partial charge in [0.05, 0.1) is 5.69 Å². The molecule has 3 aromatic rings. The van der Waals surface area contributed by atoms with Gasteiger partial charge in [-0.2, -0.15) is 0 Å². The van der Waals surface area contributed by atoms with E-state index in [2.05, 4.69) is 38.1 Å². The van der Waals surface area contributed by atoms with Crippen LogP contribution >= 0.6 is 0 Å². The smallest absolute Gasteiger partial charge is 0.251 e. The lowest BCUT2D eigenvalue weighted by Gasteiger charge is -2.44. The minimum atomic E-state index is 0.0356. The molecule has 29 heavy (non-hydrogen) atoms. The molecule has 0 aromatic carbocycles. The number of nitrogen functional groups attached to an aromatic ring is 1. The molecule has 5 heterocycles. The van der Waals surface area contributed by atoms with Crippen molar-refractivity contribution >= 4 is 11.5 Å². The SMILES string of the molecule is Cc1cc(N2C[C@@H]3C[C@H](C2)c2cc(-c4cc(N)ncn4)cc(=O)n2C3)cc(C)n1. The van der Waals surface area contributed by atoms with Crippen LogP contribution in [-0.4, -0.2) is 32.6 Å². The van der Waals surface area contributed by atoms with Crippen molar-refractivity contribution in [2.75, 3.05) is 23.7 Å². The molecule has 148 valence electrons. The quantitative estimate of drug-likeness (QED) is 0.726. The predicted octanol–water partition coefficient (Wildman–Crippen LogP) is 2.52. The van der Waals surface area contributed by atoms with Crippen LogP contribution in [0.2, 0.25) is 0 Å². The second kappa shape index (κ2) is 6.69. The molecule has 0 aliphatic carbocycles. The van der Waals surface area contributed by atoms with Gasteiger partial charge in [-0.1, -0.05) is 0 Å². The van der Waals surface area contributed by atoms with Gasteiger partial charge in [-0.15, -0.1) is 0 Å². The Hall–Kier alpha value is -3.22. The van der Waals surface area contributed by atoms with Crippen molar-refractivity contribution in [2.45, 2.75) is 32.7 Å². The fourth-order valence-corrected chi connectivity index (χ4v) is 4.84. The van der Waals surface area contributed by atoms with E-state index in [0.29, 0.717) is 23.3 Å². The lowest BCUT2D eigenvalue weighted by molar-refractivity contribution is 0.281. The lowest BCUT2D eigenvalue weighted by atomic mass is 9.82. The molecule has 0 radical (unpaired) electrons.